The Labute approximate surface area is 291 Å². The number of nitrogens with one attached hydrogen (secondary N) is 6. The summed E-state index contributed by atoms with van der Waals surface area (Å²) >= 11 is 0. The highest BCUT2D eigenvalue weighted by Gasteiger charge is 2.32. The topological polar surface area (TPSA) is 241 Å². The van der Waals surface area contributed by atoms with Gasteiger partial charge in [0.25, 0.3) is 0 Å². The molecule has 4 atom stereocenters. The van der Waals surface area contributed by atoms with E-state index < -0.39 is 60.2 Å². The fourth-order valence-electron chi connectivity index (χ4n) is 6.31. The third kappa shape index (κ3) is 7.92. The van der Waals surface area contributed by atoms with Crippen LogP contribution in [0.2, 0.25) is 0 Å². The molecule has 14 nitrogen and oxygen atoms in total. The number of aromatic nitrogens is 3. The van der Waals surface area contributed by atoms with E-state index in [1.807, 2.05) is 72.8 Å². The van der Waals surface area contributed by atoms with E-state index in [1.54, 1.807) is 18.6 Å². The van der Waals surface area contributed by atoms with Gasteiger partial charge in [-0.3, -0.25) is 19.2 Å². The van der Waals surface area contributed by atoms with Gasteiger partial charge in [-0.25, -0.2) is 4.79 Å². The maximum Gasteiger partial charge on any atom is 0.326 e. The van der Waals surface area contributed by atoms with Crippen LogP contribution in [0.15, 0.2) is 91.4 Å². The molecule has 4 amide bonds. The quantitative estimate of drug-likeness (QED) is 0.0774. The first-order valence-electron chi connectivity index (χ1n) is 16.4. The molecule has 0 aliphatic rings. The van der Waals surface area contributed by atoms with E-state index in [4.69, 9.17) is 11.5 Å². The monoisotopic (exact) mass is 690 g/mol. The number of fused-ring (bicyclic) bond motifs is 3. The Bertz CT molecular complexity index is 2240. The lowest BCUT2D eigenvalue weighted by Crippen LogP contribution is -2.58. The summed E-state index contributed by atoms with van der Waals surface area (Å²) in [5.41, 5.74) is 16.3. The lowest BCUT2D eigenvalue weighted by atomic mass is 10.0. The second-order valence-electron chi connectivity index (χ2n) is 12.5. The summed E-state index contributed by atoms with van der Waals surface area (Å²) < 4.78 is 0. The molecule has 6 aromatic rings. The molecule has 0 fully saturated rings. The van der Waals surface area contributed by atoms with Gasteiger partial charge in [-0.1, -0.05) is 54.6 Å². The van der Waals surface area contributed by atoms with Crippen LogP contribution in [-0.4, -0.2) is 73.8 Å². The minimum Gasteiger partial charge on any atom is -0.480 e. The van der Waals surface area contributed by atoms with E-state index in [9.17, 15) is 29.1 Å². The number of amides is 4. The zero-order valence-electron chi connectivity index (χ0n) is 27.4. The third-order valence-electron chi connectivity index (χ3n) is 8.94. The van der Waals surface area contributed by atoms with Gasteiger partial charge in [0.15, 0.2) is 0 Å². The Hall–Kier alpha value is -6.41. The largest absolute Gasteiger partial charge is 0.480 e. The molecule has 0 spiro atoms. The lowest BCUT2D eigenvalue weighted by molar-refractivity contribution is -0.142. The Balaban J connectivity index is 1.21. The number of nitrogens with two attached hydrogens (primary N) is 2. The maximum atomic E-state index is 13.9. The van der Waals surface area contributed by atoms with E-state index in [-0.39, 0.29) is 19.3 Å². The highest BCUT2D eigenvalue weighted by Crippen LogP contribution is 2.22. The van der Waals surface area contributed by atoms with Crippen LogP contribution >= 0.6 is 0 Å². The predicted molar refractivity (Wildman–Crippen MR) is 191 cm³/mol. The Morgan fingerprint density at radius 3 is 1.43 bits per heavy atom. The smallest absolute Gasteiger partial charge is 0.326 e. The lowest BCUT2D eigenvalue weighted by Gasteiger charge is -2.25. The van der Waals surface area contributed by atoms with E-state index >= 15 is 0 Å². The first-order chi connectivity index (χ1) is 24.6. The summed E-state index contributed by atoms with van der Waals surface area (Å²) in [6.45, 7) is 0. The van der Waals surface area contributed by atoms with Crippen LogP contribution in [0.5, 0.6) is 0 Å². The van der Waals surface area contributed by atoms with Gasteiger partial charge in [0.2, 0.25) is 23.6 Å². The van der Waals surface area contributed by atoms with Gasteiger partial charge in [0.1, 0.15) is 18.1 Å². The van der Waals surface area contributed by atoms with Crippen molar-refractivity contribution in [2.45, 2.75) is 49.9 Å². The van der Waals surface area contributed by atoms with Crippen molar-refractivity contribution >= 4 is 62.3 Å². The van der Waals surface area contributed by atoms with Gasteiger partial charge in [0, 0.05) is 64.1 Å². The van der Waals surface area contributed by atoms with Crippen molar-refractivity contribution in [2.75, 3.05) is 0 Å². The molecule has 0 radical (unpaired) electrons. The van der Waals surface area contributed by atoms with Crippen LogP contribution in [0.1, 0.15) is 23.1 Å². The molecule has 11 N–H and O–H groups in total. The van der Waals surface area contributed by atoms with Gasteiger partial charge >= 0.3 is 5.97 Å². The number of rotatable bonds is 15. The minimum absolute atomic E-state index is 0.0342. The Kier molecular flexibility index (Phi) is 10.1. The summed E-state index contributed by atoms with van der Waals surface area (Å²) in [5.74, 6) is -4.49. The fraction of sp³-hybridized carbons (Fsp3) is 0.216. The summed E-state index contributed by atoms with van der Waals surface area (Å²) in [6.07, 6.45) is 4.63. The number of carboxylic acid groups (broad SMARTS) is 1. The molecule has 0 saturated heterocycles. The molecule has 0 saturated carbocycles. The van der Waals surface area contributed by atoms with Gasteiger partial charge in [-0.15, -0.1) is 0 Å². The number of aromatic amines is 3. The molecule has 6 rings (SSSR count). The molecular weight excluding hydrogens is 652 g/mol. The summed E-state index contributed by atoms with van der Waals surface area (Å²) in [4.78, 5) is 74.8. The maximum absolute atomic E-state index is 13.9. The standard InChI is InChI=1S/C37H38N8O6/c38-26(13-20-17-40-27-10-4-1-7-23(20)27)34(47)43-31(16-33(39)46)36(49)44-30(14-21-18-41-28-11-5-2-8-24(21)28)35(48)45-32(37(50)51)15-22-19-42-29-12-6-3-9-25(22)29/h1-12,17-19,26,30-32,40-42H,13-16,38H2,(H2,39,46)(H,43,47)(H,44,49)(H,45,48)(H,50,51). The highest BCUT2D eigenvalue weighted by molar-refractivity contribution is 5.97. The zero-order valence-corrected chi connectivity index (χ0v) is 27.4. The fourth-order valence-corrected chi connectivity index (χ4v) is 6.31. The SMILES string of the molecule is NC(=O)CC(NC(=O)C(N)Cc1c[nH]c2ccccc12)C(=O)NC(Cc1c[nH]c2ccccc12)C(=O)NC(Cc1c[nH]c2ccccc12)C(=O)O. The molecule has 3 aromatic carbocycles. The van der Waals surface area contributed by atoms with Gasteiger partial charge < -0.3 is 47.5 Å². The number of para-hydroxylation sites is 3. The summed E-state index contributed by atoms with van der Waals surface area (Å²) in [5, 5.41) is 20.4. The number of benzene rings is 3. The second kappa shape index (κ2) is 15.0. The molecule has 0 aliphatic carbocycles. The second-order valence-corrected chi connectivity index (χ2v) is 12.5. The van der Waals surface area contributed by atoms with Crippen LogP contribution in [0.4, 0.5) is 0 Å². The Morgan fingerprint density at radius 2 is 0.961 bits per heavy atom. The van der Waals surface area contributed by atoms with Crippen molar-refractivity contribution < 1.29 is 29.1 Å². The van der Waals surface area contributed by atoms with Crippen molar-refractivity contribution in [2.24, 2.45) is 11.5 Å². The van der Waals surface area contributed by atoms with Gasteiger partial charge in [-0.05, 0) is 41.3 Å². The third-order valence-corrected chi connectivity index (χ3v) is 8.94. The number of aliphatic carboxylic acids is 1. The van der Waals surface area contributed by atoms with Gasteiger partial charge in [0.05, 0.1) is 12.5 Å². The predicted octanol–water partition coefficient (Wildman–Crippen LogP) is 1.90. The highest BCUT2D eigenvalue weighted by atomic mass is 16.4. The molecular formula is C37H38N8O6. The van der Waals surface area contributed by atoms with Crippen LogP contribution < -0.4 is 27.4 Å². The van der Waals surface area contributed by atoms with Crippen LogP contribution in [0, 0.1) is 0 Å². The summed E-state index contributed by atoms with van der Waals surface area (Å²) in [6, 6.07) is 17.1. The number of carbonyl (C=O) groups excluding carboxylic acids is 4. The number of carboxylic acids is 1. The molecule has 4 unspecified atom stereocenters. The van der Waals surface area contributed by atoms with Crippen molar-refractivity contribution in [1.82, 2.24) is 30.9 Å². The molecule has 0 aliphatic heterocycles. The van der Waals surface area contributed by atoms with Gasteiger partial charge in [-0.2, -0.15) is 0 Å². The molecule has 14 heteroatoms. The normalized spacial score (nSPS) is 13.7. The number of primary amides is 1. The van der Waals surface area contributed by atoms with Crippen LogP contribution in [-0.2, 0) is 43.2 Å². The first-order valence-corrected chi connectivity index (χ1v) is 16.4. The van der Waals surface area contributed by atoms with Crippen molar-refractivity contribution in [3.63, 3.8) is 0 Å². The Morgan fingerprint density at radius 1 is 0.569 bits per heavy atom. The van der Waals surface area contributed by atoms with E-state index in [1.165, 1.54) is 0 Å². The average molecular weight is 691 g/mol. The van der Waals surface area contributed by atoms with Crippen molar-refractivity contribution in [3.8, 4) is 0 Å². The van der Waals surface area contributed by atoms with E-state index in [0.717, 1.165) is 38.3 Å². The zero-order chi connectivity index (χ0) is 36.1. The number of carbonyl (C=O) groups is 5. The summed E-state index contributed by atoms with van der Waals surface area (Å²) in [7, 11) is 0. The first kappa shape index (κ1) is 34.5. The van der Waals surface area contributed by atoms with Crippen LogP contribution in [0.25, 0.3) is 32.7 Å². The molecule has 0 bridgehead atoms. The number of hydrogen-bond donors (Lipinski definition) is 9. The van der Waals surface area contributed by atoms with E-state index in [2.05, 4.69) is 30.9 Å². The van der Waals surface area contributed by atoms with Crippen molar-refractivity contribution in [1.29, 1.82) is 0 Å². The number of hydrogen-bond acceptors (Lipinski definition) is 6. The molecule has 51 heavy (non-hydrogen) atoms. The molecule has 3 aromatic heterocycles. The molecule has 262 valence electrons. The molecule has 3 heterocycles. The average Bonchev–Trinajstić information content (AvgIpc) is 3.84. The van der Waals surface area contributed by atoms with E-state index in [0.29, 0.717) is 11.1 Å². The minimum atomic E-state index is -1.47. The van der Waals surface area contributed by atoms with Crippen molar-refractivity contribution in [3.05, 3.63) is 108 Å². The van der Waals surface area contributed by atoms with Crippen LogP contribution in [0.3, 0.4) is 0 Å². The number of H-pyrrole nitrogens is 3.